The highest BCUT2D eigenvalue weighted by Gasteiger charge is 1.99. The number of alkyl halides is 1. The second kappa shape index (κ2) is 3.10. The fourth-order valence-electron chi connectivity index (χ4n) is 0.580. The van der Waals surface area contributed by atoms with Crippen LogP contribution in [0.4, 0.5) is 8.78 Å². The van der Waals surface area contributed by atoms with Crippen LogP contribution in [0.2, 0.25) is 0 Å². The molecule has 0 saturated carbocycles. The van der Waals surface area contributed by atoms with E-state index in [1.165, 1.54) is 6.07 Å². The van der Waals surface area contributed by atoms with Gasteiger partial charge in [0, 0.05) is 6.68 Å². The molecule has 1 aromatic carbocycles. The first-order valence-electron chi connectivity index (χ1n) is 3.20. The monoisotopic (exact) mass is 207 g/mol. The highest BCUT2D eigenvalue weighted by molar-refractivity contribution is 9.08. The van der Waals surface area contributed by atoms with Crippen LogP contribution < -0.4 is 0 Å². The quantitative estimate of drug-likeness (QED) is 0.622. The third kappa shape index (κ3) is 1.53. The van der Waals surface area contributed by atoms with Gasteiger partial charge < -0.3 is 0 Å². The molecule has 1 unspecified atom stereocenters. The Bertz CT molecular complexity index is 263. The van der Waals surface area contributed by atoms with Crippen molar-refractivity contribution in [2.24, 2.45) is 0 Å². The van der Waals surface area contributed by atoms with E-state index in [1.54, 1.807) is 0 Å². The Kier molecular flexibility index (Phi) is 1.95. The molecule has 1 atom stereocenters. The summed E-state index contributed by atoms with van der Waals surface area (Å²) in [7, 11) is 0. The van der Waals surface area contributed by atoms with E-state index < -0.39 is 16.9 Å². The number of hydrogen-bond donors (Lipinski definition) is 0. The van der Waals surface area contributed by atoms with E-state index in [9.17, 15) is 8.78 Å². The van der Waals surface area contributed by atoms with E-state index in [1.807, 2.05) is 0 Å². The summed E-state index contributed by atoms with van der Waals surface area (Å²) >= 11 is 2.92. The van der Waals surface area contributed by atoms with Gasteiger partial charge in [-0.05, 0) is 17.7 Å². The first-order chi connectivity index (χ1) is 5.11. The molecule has 1 rings (SSSR count). The van der Waals surface area contributed by atoms with Crippen molar-refractivity contribution >= 4 is 15.9 Å². The zero-order chi connectivity index (χ0) is 8.43. The van der Waals surface area contributed by atoms with Crippen molar-refractivity contribution in [3.63, 3.8) is 0 Å². The molecule has 0 aliphatic rings. The topological polar surface area (TPSA) is 0 Å². The lowest BCUT2D eigenvalue weighted by Crippen LogP contribution is -1.85. The molecule has 0 N–H and O–H groups in total. The van der Waals surface area contributed by atoms with Crippen LogP contribution in [0.5, 0.6) is 0 Å². The number of hydrogen-bond acceptors (Lipinski definition) is 0. The fraction of sp³-hybridized carbons (Fsp3) is 0.143. The van der Waals surface area contributed by atoms with Gasteiger partial charge in [-0.1, -0.05) is 22.0 Å². The Morgan fingerprint density at radius 3 is 2.60 bits per heavy atom. The van der Waals surface area contributed by atoms with Crippen LogP contribution in [0.25, 0.3) is 0 Å². The van der Waals surface area contributed by atoms with Crippen LogP contribution in [0.1, 0.15) is 6.93 Å². The van der Waals surface area contributed by atoms with Gasteiger partial charge in [-0.15, -0.1) is 0 Å². The molecule has 1 aromatic rings. The summed E-state index contributed by atoms with van der Waals surface area (Å²) in [5.41, 5.74) is 0.406. The molecule has 0 heterocycles. The molecule has 0 bridgehead atoms. The average molecular weight is 208 g/mol. The maximum atomic E-state index is 12.5. The Morgan fingerprint density at radius 2 is 2.10 bits per heavy atom. The van der Waals surface area contributed by atoms with Gasteiger partial charge >= 0.3 is 0 Å². The van der Waals surface area contributed by atoms with Gasteiger partial charge in [-0.3, -0.25) is 0 Å². The molecule has 0 aromatic heterocycles. The van der Waals surface area contributed by atoms with Crippen LogP contribution in [0.15, 0.2) is 18.2 Å². The number of benzene rings is 1. The molecule has 0 amide bonds. The third-order valence-electron chi connectivity index (χ3n) is 1.07. The Hall–Kier alpha value is -0.440. The molecule has 0 nitrogen and oxygen atoms in total. The summed E-state index contributed by atoms with van der Waals surface area (Å²) in [5, 5.41) is -0.697. The Balaban J connectivity index is 3.05. The molecule has 0 fully saturated rings. The van der Waals surface area contributed by atoms with E-state index in [2.05, 4.69) is 15.9 Å². The zero-order valence-electron chi connectivity index (χ0n) is 5.94. The minimum absolute atomic E-state index is 0.406. The predicted molar refractivity (Wildman–Crippen MR) is 39.0 cm³/mol. The van der Waals surface area contributed by atoms with E-state index >= 15 is 0 Å². The number of rotatable bonds is 1. The average Bonchev–Trinajstić information content (AvgIpc) is 1.94. The van der Waals surface area contributed by atoms with Crippen molar-refractivity contribution in [3.05, 3.63) is 35.4 Å². The van der Waals surface area contributed by atoms with Gasteiger partial charge in [0.1, 0.15) is 0 Å². The molecule has 0 aliphatic heterocycles. The molecular formula is C7H5BrF2. The molecular weight excluding hydrogens is 202 g/mol. The molecule has 3 heteroatoms. The summed E-state index contributed by atoms with van der Waals surface area (Å²) < 4.78 is 31.9. The molecule has 0 radical (unpaired) electrons. The van der Waals surface area contributed by atoms with E-state index in [0.29, 0.717) is 5.56 Å². The van der Waals surface area contributed by atoms with Crippen LogP contribution in [-0.2, 0) is 5.31 Å². The van der Waals surface area contributed by atoms with Gasteiger partial charge in [-0.2, -0.15) is 0 Å². The van der Waals surface area contributed by atoms with Crippen molar-refractivity contribution < 1.29 is 10.2 Å². The predicted octanol–water partition coefficient (Wildman–Crippen LogP) is 2.86. The molecule has 10 heavy (non-hydrogen) atoms. The third-order valence-corrected chi connectivity index (χ3v) is 1.60. The highest BCUT2D eigenvalue weighted by Crippen LogP contribution is 2.10. The van der Waals surface area contributed by atoms with Crippen molar-refractivity contribution in [2.75, 3.05) is 0 Å². The smallest absolute Gasteiger partial charge is 0.159 e. The highest BCUT2D eigenvalue weighted by atomic mass is 79.9. The molecule has 54 valence electrons. The van der Waals surface area contributed by atoms with Gasteiger partial charge in [-0.25, -0.2) is 8.78 Å². The fourth-order valence-corrected chi connectivity index (χ4v) is 0.865. The zero-order valence-corrected chi connectivity index (χ0v) is 6.53. The van der Waals surface area contributed by atoms with Crippen molar-refractivity contribution in [3.8, 4) is 0 Å². The van der Waals surface area contributed by atoms with Crippen molar-refractivity contribution in [1.82, 2.24) is 0 Å². The van der Waals surface area contributed by atoms with E-state index in [0.717, 1.165) is 12.1 Å². The largest absolute Gasteiger partial charge is 0.204 e. The standard InChI is InChI=1S/C7H5BrF2/c8-4-5-1-2-6(9)7(10)3-5/h1-3H,4H2/i4D. The van der Waals surface area contributed by atoms with Gasteiger partial charge in [0.25, 0.3) is 0 Å². The summed E-state index contributed by atoms with van der Waals surface area (Å²) in [5.74, 6) is -1.80. The first-order valence-corrected chi connectivity index (χ1v) is 3.54. The van der Waals surface area contributed by atoms with Gasteiger partial charge in [0.05, 0.1) is 0 Å². The van der Waals surface area contributed by atoms with Crippen LogP contribution in [0, 0.1) is 11.6 Å². The Morgan fingerprint density at radius 1 is 1.40 bits per heavy atom. The lowest BCUT2D eigenvalue weighted by molar-refractivity contribution is 0.507. The summed E-state index contributed by atoms with van der Waals surface area (Å²) in [6.45, 7) is 0. The summed E-state index contributed by atoms with van der Waals surface area (Å²) in [4.78, 5) is 0. The second-order valence-corrected chi connectivity index (χ2v) is 2.24. The van der Waals surface area contributed by atoms with E-state index in [4.69, 9.17) is 1.37 Å². The first kappa shape index (κ1) is 6.28. The van der Waals surface area contributed by atoms with Gasteiger partial charge in [0.15, 0.2) is 11.6 Å². The molecule has 0 aliphatic carbocycles. The summed E-state index contributed by atoms with van der Waals surface area (Å²) in [6, 6.07) is 3.38. The maximum absolute atomic E-state index is 12.5. The molecule has 0 spiro atoms. The molecule has 0 saturated heterocycles. The van der Waals surface area contributed by atoms with Crippen LogP contribution in [0.3, 0.4) is 0 Å². The van der Waals surface area contributed by atoms with Crippen LogP contribution >= 0.6 is 15.9 Å². The lowest BCUT2D eigenvalue weighted by atomic mass is 10.2. The summed E-state index contributed by atoms with van der Waals surface area (Å²) in [6.07, 6.45) is 0. The lowest BCUT2D eigenvalue weighted by Gasteiger charge is -1.94. The SMILES string of the molecule is [2H]C(Br)c1ccc(F)c(F)c1. The maximum Gasteiger partial charge on any atom is 0.159 e. The second-order valence-electron chi connectivity index (χ2n) is 1.78. The van der Waals surface area contributed by atoms with Crippen molar-refractivity contribution in [1.29, 1.82) is 0 Å². The van der Waals surface area contributed by atoms with E-state index in [-0.39, 0.29) is 0 Å². The minimum Gasteiger partial charge on any atom is -0.204 e. The number of halogens is 3. The minimum atomic E-state index is -0.917. The van der Waals surface area contributed by atoms with Gasteiger partial charge in [0.2, 0.25) is 0 Å². The normalized spacial score (nSPS) is 14.5. The van der Waals surface area contributed by atoms with Crippen molar-refractivity contribution in [2.45, 2.75) is 5.31 Å². The van der Waals surface area contributed by atoms with Crippen LogP contribution in [-0.4, -0.2) is 0 Å². The Labute approximate surface area is 67.4 Å².